The Morgan fingerprint density at radius 3 is 1.94 bits per heavy atom. The van der Waals surface area contributed by atoms with E-state index in [0.29, 0.717) is 5.75 Å². The van der Waals surface area contributed by atoms with Crippen LogP contribution in [0.4, 0.5) is 0 Å². The summed E-state index contributed by atoms with van der Waals surface area (Å²) in [5.74, 6) is 0.438. The summed E-state index contributed by atoms with van der Waals surface area (Å²) >= 11 is 0. The number of hydrogen-bond donors (Lipinski definition) is 2. The summed E-state index contributed by atoms with van der Waals surface area (Å²) in [6, 6.07) is 10.8. The summed E-state index contributed by atoms with van der Waals surface area (Å²) in [5, 5.41) is 10.0. The molecule has 6 heteroatoms. The number of phenolic OH excluding ortho intramolecular Hbond substituents is 1. The van der Waals surface area contributed by atoms with E-state index in [9.17, 15) is 18.1 Å². The molecule has 0 saturated heterocycles. The van der Waals surface area contributed by atoms with Gasteiger partial charge in [0.1, 0.15) is 22.1 Å². The van der Waals surface area contributed by atoms with E-state index in [1.807, 2.05) is 0 Å². The molecule has 0 amide bonds. The first kappa shape index (κ1) is 26.2. The molecule has 0 heterocycles. The van der Waals surface area contributed by atoms with E-state index in [2.05, 4.69) is 6.92 Å². The first-order chi connectivity index (χ1) is 15.4. The third kappa shape index (κ3) is 10.0. The summed E-state index contributed by atoms with van der Waals surface area (Å²) in [5.41, 5.74) is 0.941. The van der Waals surface area contributed by atoms with Crippen LogP contribution in [0.25, 0.3) is 0 Å². The monoisotopic (exact) mass is 462 g/mol. The van der Waals surface area contributed by atoms with E-state index < -0.39 is 10.1 Å². The van der Waals surface area contributed by atoms with Crippen LogP contribution in [0.1, 0.15) is 89.5 Å². The van der Waals surface area contributed by atoms with Gasteiger partial charge in [-0.25, -0.2) is 0 Å². The van der Waals surface area contributed by atoms with E-state index in [4.69, 9.17) is 4.74 Å². The summed E-state index contributed by atoms with van der Waals surface area (Å²) in [6.45, 7) is 2.25. The molecule has 0 atom stereocenters. The zero-order valence-electron chi connectivity index (χ0n) is 19.3. The molecule has 2 aromatic carbocycles. The fraction of sp³-hybridized carbons (Fsp3) is 0.538. The predicted molar refractivity (Wildman–Crippen MR) is 129 cm³/mol. The first-order valence-corrected chi connectivity index (χ1v) is 13.4. The third-order valence-corrected chi connectivity index (χ3v) is 6.52. The third-order valence-electron chi connectivity index (χ3n) is 5.62. The maximum atomic E-state index is 11.5. The van der Waals surface area contributed by atoms with E-state index in [-0.39, 0.29) is 16.4 Å². The van der Waals surface area contributed by atoms with Gasteiger partial charge in [0.2, 0.25) is 0 Å². The Labute approximate surface area is 193 Å². The van der Waals surface area contributed by atoms with Gasteiger partial charge in [0.25, 0.3) is 10.1 Å². The van der Waals surface area contributed by atoms with Gasteiger partial charge in [0.15, 0.2) is 0 Å². The number of aromatic hydroxyl groups is 1. The lowest BCUT2D eigenvalue weighted by molar-refractivity contribution is 0.439. The molecule has 0 aromatic heterocycles. The van der Waals surface area contributed by atoms with Crippen LogP contribution in [0.5, 0.6) is 17.2 Å². The second-order valence-corrected chi connectivity index (χ2v) is 9.89. The summed E-state index contributed by atoms with van der Waals surface area (Å²) < 4.78 is 38.1. The molecule has 2 N–H and O–H groups in total. The van der Waals surface area contributed by atoms with Gasteiger partial charge in [-0.3, -0.25) is 4.55 Å². The first-order valence-electron chi connectivity index (χ1n) is 12.0. The quantitative estimate of drug-likeness (QED) is 0.197. The van der Waals surface area contributed by atoms with E-state index >= 15 is 0 Å². The molecule has 32 heavy (non-hydrogen) atoms. The molecule has 0 aliphatic rings. The largest absolute Gasteiger partial charge is 0.508 e. The van der Waals surface area contributed by atoms with Crippen LogP contribution >= 0.6 is 0 Å². The summed E-state index contributed by atoms with van der Waals surface area (Å²) in [7, 11) is -4.40. The van der Waals surface area contributed by atoms with E-state index in [0.717, 1.165) is 24.8 Å². The zero-order valence-corrected chi connectivity index (χ0v) is 20.1. The second-order valence-electron chi connectivity index (χ2n) is 8.50. The summed E-state index contributed by atoms with van der Waals surface area (Å²) in [6.07, 6.45) is 16.3. The average Bonchev–Trinajstić information content (AvgIpc) is 2.74. The molecule has 2 aromatic rings. The highest BCUT2D eigenvalue weighted by molar-refractivity contribution is 7.86. The van der Waals surface area contributed by atoms with Crippen molar-refractivity contribution in [2.45, 2.75) is 95.3 Å². The van der Waals surface area contributed by atoms with Gasteiger partial charge in [-0.15, -0.1) is 0 Å². The Kier molecular flexibility index (Phi) is 11.6. The van der Waals surface area contributed by atoms with Crippen molar-refractivity contribution >= 4 is 10.1 Å². The minimum absolute atomic E-state index is 0.0249. The highest BCUT2D eigenvalue weighted by atomic mass is 32.2. The highest BCUT2D eigenvalue weighted by Crippen LogP contribution is 2.31. The molecular formula is C26H38O5S. The van der Waals surface area contributed by atoms with Gasteiger partial charge in [-0.2, -0.15) is 8.42 Å². The maximum absolute atomic E-state index is 11.5. The van der Waals surface area contributed by atoms with Crippen molar-refractivity contribution in [2.24, 2.45) is 0 Å². The van der Waals surface area contributed by atoms with Crippen molar-refractivity contribution in [3.8, 4) is 17.2 Å². The van der Waals surface area contributed by atoms with Crippen LogP contribution in [0.3, 0.4) is 0 Å². The molecule has 178 valence electrons. The van der Waals surface area contributed by atoms with Crippen LogP contribution in [0, 0.1) is 0 Å². The Morgan fingerprint density at radius 1 is 0.781 bits per heavy atom. The number of hydrogen-bond acceptors (Lipinski definition) is 4. The number of para-hydroxylation sites is 1. The van der Waals surface area contributed by atoms with Crippen molar-refractivity contribution in [3.63, 3.8) is 0 Å². The van der Waals surface area contributed by atoms with Crippen LogP contribution in [-0.2, 0) is 16.5 Å². The minimum Gasteiger partial charge on any atom is -0.508 e. The van der Waals surface area contributed by atoms with Gasteiger partial charge >= 0.3 is 0 Å². The van der Waals surface area contributed by atoms with Gasteiger partial charge in [0.05, 0.1) is 0 Å². The molecule has 2 rings (SSSR count). The standard InChI is InChI=1S/C26H38O5S/c1-2-3-4-5-6-7-8-9-10-11-12-13-16-22-19-23(27)21-24(20-22)31-25-17-14-15-18-26(25)32(28,29)30/h14-15,17-21,27H,2-13,16H2,1H3,(H,28,29,30). The number of ether oxygens (including phenoxy) is 1. The fourth-order valence-electron chi connectivity index (χ4n) is 3.89. The molecule has 0 spiro atoms. The highest BCUT2D eigenvalue weighted by Gasteiger charge is 2.16. The lowest BCUT2D eigenvalue weighted by Gasteiger charge is -2.11. The van der Waals surface area contributed by atoms with Gasteiger partial charge in [-0.05, 0) is 42.7 Å². The Hall–Kier alpha value is -2.05. The fourth-order valence-corrected chi connectivity index (χ4v) is 4.51. The number of unbranched alkanes of at least 4 members (excludes halogenated alkanes) is 11. The lowest BCUT2D eigenvalue weighted by Crippen LogP contribution is -2.01. The lowest BCUT2D eigenvalue weighted by atomic mass is 10.0. The van der Waals surface area contributed by atoms with Crippen molar-refractivity contribution in [1.29, 1.82) is 0 Å². The van der Waals surface area contributed by atoms with E-state index in [1.54, 1.807) is 18.2 Å². The molecule has 5 nitrogen and oxygen atoms in total. The van der Waals surface area contributed by atoms with Crippen LogP contribution < -0.4 is 4.74 Å². The molecule has 0 aliphatic heterocycles. The van der Waals surface area contributed by atoms with Crippen molar-refractivity contribution in [3.05, 3.63) is 48.0 Å². The van der Waals surface area contributed by atoms with Gasteiger partial charge in [0, 0.05) is 6.07 Å². The van der Waals surface area contributed by atoms with Crippen LogP contribution in [0.2, 0.25) is 0 Å². The molecule has 0 radical (unpaired) electrons. The normalized spacial score (nSPS) is 11.6. The number of benzene rings is 2. The topological polar surface area (TPSA) is 83.8 Å². The smallest absolute Gasteiger partial charge is 0.298 e. The van der Waals surface area contributed by atoms with E-state index in [1.165, 1.54) is 88.5 Å². The van der Waals surface area contributed by atoms with Crippen LogP contribution in [-0.4, -0.2) is 18.1 Å². The van der Waals surface area contributed by atoms with Gasteiger partial charge < -0.3 is 9.84 Å². The average molecular weight is 463 g/mol. The van der Waals surface area contributed by atoms with Crippen molar-refractivity contribution in [2.75, 3.05) is 0 Å². The molecule has 0 saturated carbocycles. The Balaban J connectivity index is 1.73. The van der Waals surface area contributed by atoms with Gasteiger partial charge in [-0.1, -0.05) is 89.7 Å². The Bertz CT molecular complexity index is 908. The number of aryl methyl sites for hydroxylation is 1. The number of phenols is 1. The molecule has 0 aliphatic carbocycles. The second kappa shape index (κ2) is 14.2. The number of rotatable bonds is 16. The molecule has 0 fully saturated rings. The maximum Gasteiger partial charge on any atom is 0.298 e. The SMILES string of the molecule is CCCCCCCCCCCCCCc1cc(O)cc(Oc2ccccc2S(=O)(=O)O)c1. The molecular weight excluding hydrogens is 424 g/mol. The summed E-state index contributed by atoms with van der Waals surface area (Å²) in [4.78, 5) is -0.300. The Morgan fingerprint density at radius 2 is 1.34 bits per heavy atom. The van der Waals surface area contributed by atoms with Crippen molar-refractivity contribution in [1.82, 2.24) is 0 Å². The predicted octanol–water partition coefficient (Wildman–Crippen LogP) is 7.67. The molecule has 0 bridgehead atoms. The minimum atomic E-state index is -4.40. The zero-order chi connectivity index (χ0) is 23.2. The van der Waals surface area contributed by atoms with Crippen LogP contribution in [0.15, 0.2) is 47.4 Å². The molecule has 0 unspecified atom stereocenters. The van der Waals surface area contributed by atoms with Crippen molar-refractivity contribution < 1.29 is 22.8 Å².